The molecule has 5 heterocycles. The minimum Gasteiger partial charge on any atom is -0.383 e. The van der Waals surface area contributed by atoms with E-state index in [2.05, 4.69) is 77.9 Å². The van der Waals surface area contributed by atoms with Gasteiger partial charge in [-0.2, -0.15) is 30.1 Å². The van der Waals surface area contributed by atoms with Gasteiger partial charge in [0.05, 0.1) is 29.6 Å². The summed E-state index contributed by atoms with van der Waals surface area (Å²) in [5.41, 5.74) is 20.5. The number of primary amides is 1. The van der Waals surface area contributed by atoms with Crippen LogP contribution in [0, 0.1) is 34.0 Å². The number of hydrogen-bond donors (Lipinski definition) is 7. The zero-order valence-electron chi connectivity index (χ0n) is 53.5. The van der Waals surface area contributed by atoms with Gasteiger partial charge >= 0.3 is 29.5 Å². The van der Waals surface area contributed by atoms with E-state index < -0.39 is 41.8 Å². The molecule has 35 nitrogen and oxygen atoms in total. The summed E-state index contributed by atoms with van der Waals surface area (Å²) >= 11 is 0. The molecule has 9 aromatic rings. The van der Waals surface area contributed by atoms with Gasteiger partial charge in [-0.1, -0.05) is 132 Å². The largest absolute Gasteiger partial charge is 0.383 e. The van der Waals surface area contributed by atoms with Gasteiger partial charge in [-0.05, 0) is 13.8 Å². The number of carbonyl (C=O) groups excluding carboxylic acids is 8. The van der Waals surface area contributed by atoms with Crippen molar-refractivity contribution >= 4 is 94.4 Å². The minimum atomic E-state index is -0.967. The zero-order chi connectivity index (χ0) is 71.4. The first-order valence-electron chi connectivity index (χ1n) is 27.7. The molecule has 0 aliphatic carbocycles. The Morgan fingerprint density at radius 2 is 1.01 bits per heavy atom. The van der Waals surface area contributed by atoms with Gasteiger partial charge in [0, 0.05) is 71.3 Å². The minimum absolute atomic E-state index is 0. The third-order valence-electron chi connectivity index (χ3n) is 11.8. The van der Waals surface area contributed by atoms with Crippen LogP contribution in [0.4, 0.5) is 20.2 Å². The van der Waals surface area contributed by atoms with Crippen LogP contribution in [0.5, 0.6) is 0 Å². The average Bonchev–Trinajstić information content (AvgIpc) is 1.69. The van der Waals surface area contributed by atoms with E-state index >= 15 is 0 Å². The third-order valence-corrected chi connectivity index (χ3v) is 11.8. The van der Waals surface area contributed by atoms with Crippen LogP contribution in [0.1, 0.15) is 81.4 Å². The Morgan fingerprint density at radius 3 is 1.35 bits per heavy atom. The molecule has 36 heteroatoms. The van der Waals surface area contributed by atoms with Gasteiger partial charge in [0.2, 0.25) is 0 Å². The number of nitrogens with one attached hydrogen (secondary N) is 4. The Balaban J connectivity index is 0.000000391. The number of nitriles is 3. The van der Waals surface area contributed by atoms with Crippen molar-refractivity contribution < 1.29 is 38.4 Å². The highest BCUT2D eigenvalue weighted by Crippen LogP contribution is 2.14. The molecule has 0 aliphatic rings. The van der Waals surface area contributed by atoms with Gasteiger partial charge in [0.25, 0.3) is 5.91 Å². The van der Waals surface area contributed by atoms with E-state index in [4.69, 9.17) is 33.0 Å². The lowest BCUT2D eigenvalue weighted by atomic mass is 10.0. The topological polar surface area (TPSA) is 519 Å². The predicted molar refractivity (Wildman–Crippen MR) is 357 cm³/mol. The van der Waals surface area contributed by atoms with Crippen LogP contribution in [0.2, 0.25) is 0 Å². The van der Waals surface area contributed by atoms with Crippen molar-refractivity contribution in [2.75, 3.05) is 33.4 Å². The van der Waals surface area contributed by atoms with Crippen LogP contribution in [-0.2, 0) is 23.7 Å². The highest BCUT2D eigenvalue weighted by atomic mass is 35.5. The second-order valence-electron chi connectivity index (χ2n) is 18.6. The Hall–Kier alpha value is -13.5. The van der Waals surface area contributed by atoms with Gasteiger partial charge in [0.15, 0.2) is 57.9 Å². The van der Waals surface area contributed by atoms with Gasteiger partial charge in [0.1, 0.15) is 43.4 Å². The number of rotatable bonds is 12. The monoisotopic (exact) mass is 1340 g/mol. The highest BCUT2D eigenvalue weighted by Gasteiger charge is 2.18. The second-order valence-corrected chi connectivity index (χ2v) is 18.6. The Kier molecular flexibility index (Phi) is 33.7. The quantitative estimate of drug-likeness (QED) is 0.0398. The number of Topliss-reactive ketones (excluding diaryl/α,β-unsaturated/α-hetero) is 4. The van der Waals surface area contributed by atoms with E-state index in [1.54, 1.807) is 6.07 Å². The molecule has 2 atom stereocenters. The van der Waals surface area contributed by atoms with E-state index in [0.717, 1.165) is 52.6 Å². The normalized spacial score (nSPS) is 10.3. The molecular formula is C61H66ClN25O10. The molecule has 0 aliphatic heterocycles. The van der Waals surface area contributed by atoms with Crippen molar-refractivity contribution in [2.24, 2.45) is 40.5 Å². The molecule has 0 bridgehead atoms. The number of halogens is 1. The fraction of sp³-hybridized carbons (Fsp3) is 0.197. The number of amides is 6. The smallest absolute Gasteiger partial charge is 0.352 e. The van der Waals surface area contributed by atoms with E-state index in [0.29, 0.717) is 5.71 Å². The number of anilines is 1. The number of nitrogen functional groups attached to an aromatic ring is 1. The van der Waals surface area contributed by atoms with Crippen LogP contribution >= 0.6 is 12.4 Å². The van der Waals surface area contributed by atoms with Gasteiger partial charge < -0.3 is 33.2 Å². The number of nitrogens with two attached hydrogens (primary N) is 3. The molecule has 9 rings (SSSR count). The fourth-order valence-electron chi connectivity index (χ4n) is 6.98. The van der Waals surface area contributed by atoms with E-state index in [1.165, 1.54) is 86.3 Å². The van der Waals surface area contributed by atoms with E-state index in [-0.39, 0.29) is 82.0 Å². The number of ketones is 4. The van der Waals surface area contributed by atoms with Crippen molar-refractivity contribution in [2.45, 2.75) is 39.8 Å². The summed E-state index contributed by atoms with van der Waals surface area (Å²) in [4.78, 5) is 132. The summed E-state index contributed by atoms with van der Waals surface area (Å²) in [7, 11) is 7.29. The number of aryl methyl sites for hydroxylation is 2. The first-order chi connectivity index (χ1) is 45.8. The lowest BCUT2D eigenvalue weighted by molar-refractivity contribution is -0.117. The molecule has 0 spiro atoms. The van der Waals surface area contributed by atoms with Crippen molar-refractivity contribution in [3.05, 3.63) is 201 Å². The number of fused-ring (bicyclic) bond motifs is 2. The maximum absolute atomic E-state index is 11.4. The van der Waals surface area contributed by atoms with Crippen molar-refractivity contribution in [3.8, 4) is 18.2 Å². The Morgan fingerprint density at radius 1 is 0.588 bits per heavy atom. The molecule has 2 unspecified atom stereocenters. The fourth-order valence-corrected chi connectivity index (χ4v) is 6.98. The van der Waals surface area contributed by atoms with Crippen LogP contribution in [0.3, 0.4) is 0 Å². The maximum atomic E-state index is 11.4. The van der Waals surface area contributed by atoms with E-state index in [1.807, 2.05) is 127 Å². The number of carbonyl (C=O) groups is 8. The summed E-state index contributed by atoms with van der Waals surface area (Å²) in [5.74, 6) is -1.73. The SMILES string of the molecule is CC(=O)C(C#N)N=C(c1ccccc1)c1ccccc1.CC(=O)C(N)C#N.CC(=O)c1ncn2c(=O)n(C)nnc12.CNC(=O)N=CNC(=O)NC.CNC(=O)n1cnc(C(C)=O)c1N.Cl.Cn1nnc2c(C(N)=O)ncn2c1=O.N#CCN=C(c1ccccc1)c1ccccc1. The lowest BCUT2D eigenvalue weighted by Crippen LogP contribution is -2.32. The Bertz CT molecular complexity index is 4340. The summed E-state index contributed by atoms with van der Waals surface area (Å²) in [6.45, 7) is 5.55. The van der Waals surface area contributed by atoms with Crippen molar-refractivity contribution in [3.63, 3.8) is 0 Å². The molecular weight excluding hydrogens is 1280 g/mol. The number of hydrogen-bond acceptors (Lipinski definition) is 24. The summed E-state index contributed by atoms with van der Waals surface area (Å²) < 4.78 is 5.46. The number of benzene rings is 4. The number of aromatic nitrogens is 12. The van der Waals surface area contributed by atoms with Crippen LogP contribution in [-0.4, -0.2) is 163 Å². The predicted octanol–water partition coefficient (Wildman–Crippen LogP) is 1.99. The lowest BCUT2D eigenvalue weighted by Gasteiger charge is -2.09. The van der Waals surface area contributed by atoms with Crippen LogP contribution in [0.25, 0.3) is 11.3 Å². The van der Waals surface area contributed by atoms with Gasteiger partial charge in [-0.15, -0.1) is 22.6 Å². The second kappa shape index (κ2) is 41.1. The standard InChI is InChI=1S/C17H14N2O.C15H12N2.C7H7N5O2.C7H10N4O2.C6H6N6O2.C5H10N4O2.C4H6N2O.ClH/c1-13(20)16(12-18)19-17(14-8-4-2-5-9-14)15-10-6-3-7-11-15;16-11-12-17-15(13-7-3-1-4-8-13)14-9-5-2-6-10-14;1-4(13)5-6-9-10-11(2)7(14)12(6)3-8-5;1-4(12)5-6(8)11(3-10-5)7(13)9-2;1-11-6(14)12-2-8-3(4(7)13)5(12)9-10-11;1-6-4(10)8-3-9-5(11)7-2;1-3(7)4(6)2-5;/h2-11,16H,1H3;1-10H,12H2;3H,1-2H3;3H,8H2,1-2H3,(H,9,13);2H,1H3,(H2,7,13);3H,1-2H3,(H3,6,7,8,9,10,11);4H,6H2,1H3;1H. The molecule has 4 aromatic carbocycles. The highest BCUT2D eigenvalue weighted by molar-refractivity contribution is 6.14. The number of aliphatic imine (C=N–C) groups is 3. The molecule has 10 N–H and O–H groups in total. The molecule has 97 heavy (non-hydrogen) atoms. The number of nitrogens with zero attached hydrogens (tertiary/aromatic N) is 18. The first-order valence-corrected chi connectivity index (χ1v) is 27.7. The molecule has 0 radical (unpaired) electrons. The van der Waals surface area contributed by atoms with Crippen LogP contribution in [0.15, 0.2) is 165 Å². The molecule has 502 valence electrons. The van der Waals surface area contributed by atoms with Gasteiger partial charge in [-0.25, -0.2) is 52.3 Å². The van der Waals surface area contributed by atoms with Crippen molar-refractivity contribution in [1.29, 1.82) is 15.8 Å². The molecule has 0 fully saturated rings. The third kappa shape index (κ3) is 24.6. The molecule has 0 saturated carbocycles. The molecule has 6 amide bonds. The van der Waals surface area contributed by atoms with Crippen molar-refractivity contribution in [1.82, 2.24) is 79.6 Å². The summed E-state index contributed by atoms with van der Waals surface area (Å²) in [6.07, 6.45) is 4.68. The average molecular weight is 1340 g/mol. The van der Waals surface area contributed by atoms with Crippen LogP contribution < -0.4 is 49.8 Å². The number of imidazole rings is 3. The maximum Gasteiger partial charge on any atom is 0.352 e. The van der Waals surface area contributed by atoms with E-state index in [9.17, 15) is 47.9 Å². The Labute approximate surface area is 558 Å². The molecule has 0 saturated heterocycles. The zero-order valence-corrected chi connectivity index (χ0v) is 54.3. The molecule has 5 aromatic heterocycles. The summed E-state index contributed by atoms with van der Waals surface area (Å²) in [5, 5.41) is 49.1. The number of urea groups is 2. The first kappa shape index (κ1) is 79.6. The van der Waals surface area contributed by atoms with Gasteiger partial charge in [-0.3, -0.25) is 39.3 Å². The summed E-state index contributed by atoms with van der Waals surface area (Å²) in [6, 6.07) is 41.3.